The molecule has 0 saturated carbocycles. The number of carbonyl (C=O) groups is 1. The summed E-state index contributed by atoms with van der Waals surface area (Å²) in [4.78, 5) is 15.2. The maximum Gasteiger partial charge on any atom is 0.410 e. The van der Waals surface area contributed by atoms with Gasteiger partial charge in [-0.05, 0) is 88.1 Å². The van der Waals surface area contributed by atoms with E-state index in [1.54, 1.807) is 6.26 Å². The highest BCUT2D eigenvalue weighted by Gasteiger charge is 2.46. The third-order valence-corrected chi connectivity index (χ3v) is 6.77. The van der Waals surface area contributed by atoms with Gasteiger partial charge in [-0.1, -0.05) is 12.1 Å². The number of carbonyl (C=O) groups excluding carboxylic acids is 1. The summed E-state index contributed by atoms with van der Waals surface area (Å²) < 4.78 is 11.7. The fourth-order valence-electron chi connectivity index (χ4n) is 5.57. The van der Waals surface area contributed by atoms with Crippen molar-refractivity contribution in [2.45, 2.75) is 77.0 Å². The van der Waals surface area contributed by atoms with Crippen LogP contribution in [0.2, 0.25) is 0 Å². The predicted octanol–water partition coefficient (Wildman–Crippen LogP) is 6.01. The van der Waals surface area contributed by atoms with Crippen molar-refractivity contribution in [3.05, 3.63) is 53.0 Å². The normalized spacial score (nSPS) is 25.6. The number of amides is 1. The Hall–Kier alpha value is -2.43. The van der Waals surface area contributed by atoms with E-state index in [0.717, 1.165) is 38.0 Å². The number of ether oxygens (including phenoxy) is 1. The van der Waals surface area contributed by atoms with E-state index in [4.69, 9.17) is 9.15 Å². The highest BCUT2D eigenvalue weighted by atomic mass is 16.6. The first kappa shape index (κ1) is 19.5. The second kappa shape index (κ2) is 7.36. The van der Waals surface area contributed by atoms with E-state index in [0.29, 0.717) is 0 Å². The number of anilines is 1. The molecule has 1 amide bonds. The van der Waals surface area contributed by atoms with E-state index in [-0.39, 0.29) is 24.1 Å². The molecule has 5 nitrogen and oxygen atoms in total. The molecule has 1 aromatic carbocycles. The van der Waals surface area contributed by atoms with Gasteiger partial charge in [-0.25, -0.2) is 4.79 Å². The van der Waals surface area contributed by atoms with Gasteiger partial charge in [-0.15, -0.1) is 0 Å². The fourth-order valence-corrected chi connectivity index (χ4v) is 5.57. The maximum atomic E-state index is 13.2. The number of nitrogens with one attached hydrogen (secondary N) is 1. The molecular formula is C25H32N2O3. The number of rotatable bonds is 1. The molecule has 3 heterocycles. The quantitative estimate of drug-likeness (QED) is 0.627. The van der Waals surface area contributed by atoms with Gasteiger partial charge in [0.25, 0.3) is 0 Å². The van der Waals surface area contributed by atoms with Crippen molar-refractivity contribution in [3.63, 3.8) is 0 Å². The number of piperidine rings is 1. The van der Waals surface area contributed by atoms with Crippen LogP contribution in [-0.4, -0.2) is 23.1 Å². The van der Waals surface area contributed by atoms with Gasteiger partial charge >= 0.3 is 6.09 Å². The summed E-state index contributed by atoms with van der Waals surface area (Å²) in [5.41, 5.74) is 4.85. The van der Waals surface area contributed by atoms with Gasteiger partial charge in [0.2, 0.25) is 0 Å². The summed E-state index contributed by atoms with van der Waals surface area (Å²) in [5.74, 6) is 1.21. The standard InChI is InChI=1S/C25H32N2O3/c1-25(2,3)30-24(28)27-14-6-10-18-22(20-11-7-15-29-20)26-21-17-9-5-4-8-16(17)12-13-19(21)23(18)27/h7,11-13,15,18,22-23,26H,4-6,8-10,14H2,1-3H3/t18-,22-,23-/m1/s1. The first-order valence-electron chi connectivity index (χ1n) is 11.4. The Bertz CT molecular complexity index is 929. The molecule has 0 unspecified atom stereocenters. The zero-order valence-electron chi connectivity index (χ0n) is 18.2. The van der Waals surface area contributed by atoms with Crippen molar-refractivity contribution in [2.24, 2.45) is 5.92 Å². The summed E-state index contributed by atoms with van der Waals surface area (Å²) in [6, 6.07) is 8.63. The van der Waals surface area contributed by atoms with Gasteiger partial charge in [0, 0.05) is 18.2 Å². The summed E-state index contributed by atoms with van der Waals surface area (Å²) in [6.45, 7) is 6.54. The minimum Gasteiger partial charge on any atom is -0.467 e. The van der Waals surface area contributed by atoms with Crippen LogP contribution in [0.4, 0.5) is 10.5 Å². The van der Waals surface area contributed by atoms with Crippen LogP contribution >= 0.6 is 0 Å². The van der Waals surface area contributed by atoms with Crippen LogP contribution in [0.1, 0.15) is 81.0 Å². The smallest absolute Gasteiger partial charge is 0.410 e. The monoisotopic (exact) mass is 408 g/mol. The van der Waals surface area contributed by atoms with Crippen LogP contribution in [0.5, 0.6) is 0 Å². The van der Waals surface area contributed by atoms with Gasteiger partial charge in [0.15, 0.2) is 0 Å². The average molecular weight is 409 g/mol. The van der Waals surface area contributed by atoms with Gasteiger partial charge in [-0.2, -0.15) is 0 Å². The zero-order valence-corrected chi connectivity index (χ0v) is 18.2. The summed E-state index contributed by atoms with van der Waals surface area (Å²) in [6.07, 6.45) is 8.28. The van der Waals surface area contributed by atoms with Crippen LogP contribution in [0.15, 0.2) is 34.9 Å². The van der Waals surface area contributed by atoms with Gasteiger partial charge in [0.05, 0.1) is 18.3 Å². The molecule has 5 heteroatoms. The molecule has 0 bridgehead atoms. The molecule has 1 aromatic heterocycles. The Kier molecular flexibility index (Phi) is 4.79. The highest BCUT2D eigenvalue weighted by molar-refractivity contribution is 5.72. The SMILES string of the molecule is CC(C)(C)OC(=O)N1CCC[C@@H]2[C@H](c3ccco3)Nc3c(ccc4c3CCCC4)[C@@H]21. The third kappa shape index (κ3) is 3.38. The molecule has 5 rings (SSSR count). The van der Waals surface area contributed by atoms with E-state index >= 15 is 0 Å². The third-order valence-electron chi connectivity index (χ3n) is 6.77. The van der Waals surface area contributed by atoms with Crippen LogP contribution < -0.4 is 5.32 Å². The topological polar surface area (TPSA) is 54.7 Å². The first-order valence-corrected chi connectivity index (χ1v) is 11.4. The lowest BCUT2D eigenvalue weighted by molar-refractivity contribution is -0.00463. The molecule has 2 aliphatic heterocycles. The molecule has 3 atom stereocenters. The van der Waals surface area contributed by atoms with Crippen LogP contribution in [0, 0.1) is 5.92 Å². The number of furan rings is 1. The first-order chi connectivity index (χ1) is 14.4. The second-order valence-corrected chi connectivity index (χ2v) is 9.94. The molecule has 2 aromatic rings. The zero-order chi connectivity index (χ0) is 20.9. The largest absolute Gasteiger partial charge is 0.467 e. The molecule has 0 spiro atoms. The molecule has 1 N–H and O–H groups in total. The Balaban J connectivity index is 1.61. The van der Waals surface area contributed by atoms with E-state index in [2.05, 4.69) is 23.5 Å². The molecule has 1 fully saturated rings. The number of likely N-dealkylation sites (tertiary alicyclic amines) is 1. The summed E-state index contributed by atoms with van der Waals surface area (Å²) in [5, 5.41) is 3.86. The van der Waals surface area contributed by atoms with Crippen LogP contribution in [0.3, 0.4) is 0 Å². The van der Waals surface area contributed by atoms with E-state index < -0.39 is 5.60 Å². The number of hydrogen-bond donors (Lipinski definition) is 1. The number of hydrogen-bond acceptors (Lipinski definition) is 4. The maximum absolute atomic E-state index is 13.2. The Morgan fingerprint density at radius 2 is 2.00 bits per heavy atom. The highest BCUT2D eigenvalue weighted by Crippen LogP contribution is 2.52. The van der Waals surface area contributed by atoms with Crippen molar-refractivity contribution in [3.8, 4) is 0 Å². The van der Waals surface area contributed by atoms with E-state index in [9.17, 15) is 4.79 Å². The Morgan fingerprint density at radius 1 is 1.17 bits per heavy atom. The van der Waals surface area contributed by atoms with Crippen LogP contribution in [-0.2, 0) is 17.6 Å². The molecule has 3 aliphatic rings. The fraction of sp³-hybridized carbons (Fsp3) is 0.560. The van der Waals surface area contributed by atoms with Crippen molar-refractivity contribution in [2.75, 3.05) is 11.9 Å². The van der Waals surface area contributed by atoms with E-state index in [1.807, 2.05) is 31.7 Å². The van der Waals surface area contributed by atoms with Gasteiger partial charge in [-0.3, -0.25) is 0 Å². The van der Waals surface area contributed by atoms with Gasteiger partial charge < -0.3 is 19.4 Å². The number of aryl methyl sites for hydroxylation is 1. The number of nitrogens with zero attached hydrogens (tertiary/aromatic N) is 1. The average Bonchev–Trinajstić information content (AvgIpc) is 3.25. The molecule has 1 aliphatic carbocycles. The minimum atomic E-state index is -0.504. The van der Waals surface area contributed by atoms with Gasteiger partial charge in [0.1, 0.15) is 11.4 Å². The van der Waals surface area contributed by atoms with E-state index in [1.165, 1.54) is 35.2 Å². The Labute approximate surface area is 178 Å². The van der Waals surface area contributed by atoms with Crippen molar-refractivity contribution >= 4 is 11.8 Å². The summed E-state index contributed by atoms with van der Waals surface area (Å²) >= 11 is 0. The lowest BCUT2D eigenvalue weighted by atomic mass is 9.74. The second-order valence-electron chi connectivity index (χ2n) is 9.94. The molecular weight excluding hydrogens is 376 g/mol. The number of fused-ring (bicyclic) bond motifs is 5. The predicted molar refractivity (Wildman–Crippen MR) is 117 cm³/mol. The lowest BCUT2D eigenvalue weighted by Gasteiger charge is -2.49. The molecule has 160 valence electrons. The summed E-state index contributed by atoms with van der Waals surface area (Å²) in [7, 11) is 0. The van der Waals surface area contributed by atoms with Crippen molar-refractivity contribution in [1.82, 2.24) is 4.90 Å². The molecule has 0 radical (unpaired) electrons. The van der Waals surface area contributed by atoms with Crippen LogP contribution in [0.25, 0.3) is 0 Å². The number of benzene rings is 1. The molecule has 30 heavy (non-hydrogen) atoms. The molecule has 1 saturated heterocycles. The van der Waals surface area contributed by atoms with Crippen molar-refractivity contribution in [1.29, 1.82) is 0 Å². The Morgan fingerprint density at radius 3 is 2.77 bits per heavy atom. The van der Waals surface area contributed by atoms with Crippen molar-refractivity contribution < 1.29 is 13.9 Å². The lowest BCUT2D eigenvalue weighted by Crippen LogP contribution is -2.49. The minimum absolute atomic E-state index is 0.00664.